The Kier molecular flexibility index (Phi) is 4.98. The van der Waals surface area contributed by atoms with E-state index in [0.29, 0.717) is 11.3 Å². The van der Waals surface area contributed by atoms with Crippen LogP contribution in [-0.2, 0) is 10.0 Å². The minimum atomic E-state index is -3.82. The number of aliphatic hydroxyl groups is 1. The highest BCUT2D eigenvalue weighted by Crippen LogP contribution is 2.29. The van der Waals surface area contributed by atoms with Gasteiger partial charge in [0.15, 0.2) is 0 Å². The number of rotatable bonds is 5. The standard InChI is InChI=1S/C11H16ClNO4S/c1-7(2)17-11-4-3-8(18(13,15)16)5-9(11)10(14)6-12/h3-5,7,10,14H,6H2,1-2H3,(H2,13,15,16). The van der Waals surface area contributed by atoms with Crippen molar-refractivity contribution in [2.24, 2.45) is 5.14 Å². The van der Waals surface area contributed by atoms with E-state index in [1.54, 1.807) is 0 Å². The Morgan fingerprint density at radius 2 is 2.06 bits per heavy atom. The van der Waals surface area contributed by atoms with Crippen LogP contribution in [0.2, 0.25) is 0 Å². The maximum Gasteiger partial charge on any atom is 0.238 e. The molecule has 0 aromatic heterocycles. The maximum absolute atomic E-state index is 11.3. The molecule has 0 fully saturated rings. The summed E-state index contributed by atoms with van der Waals surface area (Å²) >= 11 is 5.58. The number of halogens is 1. The predicted octanol–water partition coefficient (Wildman–Crippen LogP) is 1.39. The predicted molar refractivity (Wildman–Crippen MR) is 69.3 cm³/mol. The van der Waals surface area contributed by atoms with Crippen LogP contribution >= 0.6 is 11.6 Å². The second-order valence-corrected chi connectivity index (χ2v) is 5.95. The first kappa shape index (κ1) is 15.2. The summed E-state index contributed by atoms with van der Waals surface area (Å²) in [6.45, 7) is 3.65. The smallest absolute Gasteiger partial charge is 0.238 e. The van der Waals surface area contributed by atoms with E-state index in [1.165, 1.54) is 18.2 Å². The normalized spacial score (nSPS) is 13.7. The molecule has 0 aliphatic carbocycles. The summed E-state index contributed by atoms with van der Waals surface area (Å²) in [6, 6.07) is 4.07. The quantitative estimate of drug-likeness (QED) is 0.803. The van der Waals surface area contributed by atoms with E-state index in [2.05, 4.69) is 0 Å². The summed E-state index contributed by atoms with van der Waals surface area (Å²) in [7, 11) is -3.82. The number of ether oxygens (including phenoxy) is 1. The molecular weight excluding hydrogens is 278 g/mol. The second-order valence-electron chi connectivity index (χ2n) is 4.08. The average Bonchev–Trinajstić information content (AvgIpc) is 2.26. The fourth-order valence-electron chi connectivity index (χ4n) is 1.41. The molecule has 1 aromatic rings. The van der Waals surface area contributed by atoms with E-state index in [4.69, 9.17) is 21.5 Å². The second kappa shape index (κ2) is 5.88. The molecule has 1 unspecified atom stereocenters. The van der Waals surface area contributed by atoms with Gasteiger partial charge in [-0.2, -0.15) is 0 Å². The van der Waals surface area contributed by atoms with Gasteiger partial charge in [-0.15, -0.1) is 11.6 Å². The van der Waals surface area contributed by atoms with Crippen LogP contribution in [0.25, 0.3) is 0 Å². The minimum Gasteiger partial charge on any atom is -0.491 e. The first-order valence-electron chi connectivity index (χ1n) is 5.33. The van der Waals surface area contributed by atoms with Gasteiger partial charge in [-0.25, -0.2) is 13.6 Å². The first-order chi connectivity index (χ1) is 8.25. The lowest BCUT2D eigenvalue weighted by Crippen LogP contribution is -2.15. The monoisotopic (exact) mass is 293 g/mol. The number of hydrogen-bond donors (Lipinski definition) is 2. The highest BCUT2D eigenvalue weighted by molar-refractivity contribution is 7.89. The Morgan fingerprint density at radius 3 is 2.50 bits per heavy atom. The highest BCUT2D eigenvalue weighted by atomic mass is 35.5. The molecule has 1 atom stereocenters. The van der Waals surface area contributed by atoms with Gasteiger partial charge in [0.25, 0.3) is 0 Å². The lowest BCUT2D eigenvalue weighted by atomic mass is 10.1. The number of alkyl halides is 1. The zero-order chi connectivity index (χ0) is 13.9. The number of aliphatic hydroxyl groups excluding tert-OH is 1. The van der Waals surface area contributed by atoms with Crippen LogP contribution in [-0.4, -0.2) is 25.5 Å². The van der Waals surface area contributed by atoms with Gasteiger partial charge in [-0.05, 0) is 32.0 Å². The Labute approximate surface area is 112 Å². The third kappa shape index (κ3) is 3.84. The van der Waals surface area contributed by atoms with Crippen LogP contribution in [0.15, 0.2) is 23.1 Å². The highest BCUT2D eigenvalue weighted by Gasteiger charge is 2.18. The molecule has 0 radical (unpaired) electrons. The molecule has 0 aliphatic rings. The van der Waals surface area contributed by atoms with E-state index in [0.717, 1.165) is 0 Å². The molecule has 0 saturated heterocycles. The third-order valence-corrected chi connectivity index (χ3v) is 3.38. The topological polar surface area (TPSA) is 89.6 Å². The molecule has 0 amide bonds. The van der Waals surface area contributed by atoms with Crippen LogP contribution in [0.3, 0.4) is 0 Å². The van der Waals surface area contributed by atoms with Crippen LogP contribution in [0.5, 0.6) is 5.75 Å². The molecule has 0 spiro atoms. The van der Waals surface area contributed by atoms with Crippen molar-refractivity contribution in [3.8, 4) is 5.75 Å². The van der Waals surface area contributed by atoms with Crippen molar-refractivity contribution >= 4 is 21.6 Å². The largest absolute Gasteiger partial charge is 0.491 e. The van der Waals surface area contributed by atoms with Crippen LogP contribution < -0.4 is 9.88 Å². The van der Waals surface area contributed by atoms with Crippen molar-refractivity contribution in [3.05, 3.63) is 23.8 Å². The van der Waals surface area contributed by atoms with E-state index in [1.807, 2.05) is 13.8 Å². The lowest BCUT2D eigenvalue weighted by Gasteiger charge is -2.17. The molecule has 0 saturated carbocycles. The van der Waals surface area contributed by atoms with E-state index < -0.39 is 16.1 Å². The molecule has 0 heterocycles. The first-order valence-corrected chi connectivity index (χ1v) is 7.41. The number of primary sulfonamides is 1. The summed E-state index contributed by atoms with van der Waals surface area (Å²) in [5.74, 6) is 0.327. The molecule has 1 rings (SSSR count). The molecule has 102 valence electrons. The zero-order valence-electron chi connectivity index (χ0n) is 10.1. The summed E-state index contributed by atoms with van der Waals surface area (Å²) in [5.41, 5.74) is 0.310. The van der Waals surface area contributed by atoms with Crippen molar-refractivity contribution in [2.45, 2.75) is 31.0 Å². The van der Waals surface area contributed by atoms with E-state index >= 15 is 0 Å². The number of benzene rings is 1. The van der Waals surface area contributed by atoms with Crippen LogP contribution in [0.1, 0.15) is 25.5 Å². The molecule has 3 N–H and O–H groups in total. The lowest BCUT2D eigenvalue weighted by molar-refractivity contribution is 0.185. The number of sulfonamides is 1. The fourth-order valence-corrected chi connectivity index (χ4v) is 2.12. The van der Waals surface area contributed by atoms with Crippen molar-refractivity contribution in [1.82, 2.24) is 0 Å². The van der Waals surface area contributed by atoms with Crippen molar-refractivity contribution in [1.29, 1.82) is 0 Å². The van der Waals surface area contributed by atoms with Gasteiger partial charge in [0.05, 0.1) is 23.0 Å². The van der Waals surface area contributed by atoms with Crippen molar-refractivity contribution in [3.63, 3.8) is 0 Å². The summed E-state index contributed by atoms with van der Waals surface area (Å²) in [5, 5.41) is 14.8. The summed E-state index contributed by atoms with van der Waals surface area (Å²) in [6.07, 6.45) is -1.12. The summed E-state index contributed by atoms with van der Waals surface area (Å²) < 4.78 is 28.0. The van der Waals surface area contributed by atoms with E-state index in [-0.39, 0.29) is 16.9 Å². The molecule has 18 heavy (non-hydrogen) atoms. The Morgan fingerprint density at radius 1 is 1.44 bits per heavy atom. The summed E-state index contributed by atoms with van der Waals surface area (Å²) in [4.78, 5) is -0.0854. The van der Waals surface area contributed by atoms with E-state index in [9.17, 15) is 13.5 Å². The van der Waals surface area contributed by atoms with Gasteiger partial charge >= 0.3 is 0 Å². The number of nitrogens with two attached hydrogens (primary N) is 1. The molecular formula is C11H16ClNO4S. The molecule has 7 heteroatoms. The molecule has 1 aromatic carbocycles. The third-order valence-electron chi connectivity index (χ3n) is 2.18. The van der Waals surface area contributed by atoms with Gasteiger partial charge in [0, 0.05) is 5.56 Å². The average molecular weight is 294 g/mol. The Balaban J connectivity index is 3.29. The Bertz CT molecular complexity index is 516. The van der Waals surface area contributed by atoms with Gasteiger partial charge in [-0.3, -0.25) is 0 Å². The zero-order valence-corrected chi connectivity index (χ0v) is 11.7. The number of hydrogen-bond acceptors (Lipinski definition) is 4. The minimum absolute atomic E-state index is 0.0669. The molecule has 0 bridgehead atoms. The van der Waals surface area contributed by atoms with Crippen molar-refractivity contribution < 1.29 is 18.3 Å². The molecule has 0 aliphatic heterocycles. The Hall–Kier alpha value is -0.820. The van der Waals surface area contributed by atoms with Crippen LogP contribution in [0.4, 0.5) is 0 Å². The maximum atomic E-state index is 11.3. The fraction of sp³-hybridized carbons (Fsp3) is 0.455. The van der Waals surface area contributed by atoms with Gasteiger partial charge in [0.1, 0.15) is 5.75 Å². The van der Waals surface area contributed by atoms with Gasteiger partial charge < -0.3 is 9.84 Å². The van der Waals surface area contributed by atoms with Gasteiger partial charge in [0.2, 0.25) is 10.0 Å². The SMILES string of the molecule is CC(C)Oc1ccc(S(N)(=O)=O)cc1C(O)CCl. The van der Waals surface area contributed by atoms with Gasteiger partial charge in [-0.1, -0.05) is 0 Å². The van der Waals surface area contributed by atoms with Crippen molar-refractivity contribution in [2.75, 3.05) is 5.88 Å². The molecule has 5 nitrogen and oxygen atoms in total. The van der Waals surface area contributed by atoms with Crippen LogP contribution in [0, 0.1) is 0 Å².